The Bertz CT molecular complexity index is 467. The molecule has 96 valence electrons. The van der Waals surface area contributed by atoms with Crippen LogP contribution in [0.3, 0.4) is 0 Å². The molecule has 0 fully saturated rings. The maximum absolute atomic E-state index is 5.97. The number of rotatable bonds is 3. The molecule has 3 nitrogen and oxygen atoms in total. The molecule has 18 heavy (non-hydrogen) atoms. The van der Waals surface area contributed by atoms with Gasteiger partial charge in [0.1, 0.15) is 11.5 Å². The van der Waals surface area contributed by atoms with Crippen LogP contribution in [0.2, 0.25) is 0 Å². The standard InChI is InChI=1S/C15H20N2O/c1-4-7-13-14(6-3)18-15-10-16-9-8-11(15)12(5-2)17-13/h4,6-7,16H,3,5,8-10H2,1-2H3/b7-4-. The number of aliphatic imine (C=N–C) groups is 1. The minimum atomic E-state index is 0.743. The second kappa shape index (κ2) is 5.83. The summed E-state index contributed by atoms with van der Waals surface area (Å²) in [7, 11) is 0. The third kappa shape index (κ3) is 2.46. The lowest BCUT2D eigenvalue weighted by Crippen LogP contribution is -2.28. The van der Waals surface area contributed by atoms with Gasteiger partial charge in [0.2, 0.25) is 0 Å². The molecule has 0 bridgehead atoms. The van der Waals surface area contributed by atoms with E-state index in [1.165, 1.54) is 5.57 Å². The third-order valence-electron chi connectivity index (χ3n) is 3.11. The number of allylic oxidation sites excluding steroid dienone is 3. The molecular formula is C15H20N2O. The molecule has 0 aromatic carbocycles. The molecule has 0 atom stereocenters. The summed E-state index contributed by atoms with van der Waals surface area (Å²) in [5.41, 5.74) is 3.25. The summed E-state index contributed by atoms with van der Waals surface area (Å²) >= 11 is 0. The highest BCUT2D eigenvalue weighted by atomic mass is 16.5. The van der Waals surface area contributed by atoms with E-state index in [9.17, 15) is 0 Å². The van der Waals surface area contributed by atoms with Crippen LogP contribution in [-0.2, 0) is 4.74 Å². The van der Waals surface area contributed by atoms with E-state index in [1.54, 1.807) is 6.08 Å². The minimum Gasteiger partial charge on any atom is -0.458 e. The van der Waals surface area contributed by atoms with Gasteiger partial charge in [0.25, 0.3) is 0 Å². The summed E-state index contributed by atoms with van der Waals surface area (Å²) < 4.78 is 5.97. The van der Waals surface area contributed by atoms with Crippen LogP contribution in [0.25, 0.3) is 0 Å². The Morgan fingerprint density at radius 1 is 1.50 bits per heavy atom. The minimum absolute atomic E-state index is 0.743. The van der Waals surface area contributed by atoms with Gasteiger partial charge in [-0.2, -0.15) is 0 Å². The number of nitrogens with one attached hydrogen (secondary N) is 1. The Labute approximate surface area is 109 Å². The first-order valence-electron chi connectivity index (χ1n) is 6.48. The molecular weight excluding hydrogens is 224 g/mol. The van der Waals surface area contributed by atoms with Crippen LogP contribution in [-0.4, -0.2) is 18.8 Å². The van der Waals surface area contributed by atoms with Crippen LogP contribution in [0.4, 0.5) is 0 Å². The van der Waals surface area contributed by atoms with E-state index in [0.29, 0.717) is 0 Å². The summed E-state index contributed by atoms with van der Waals surface area (Å²) in [4.78, 5) is 4.75. The summed E-state index contributed by atoms with van der Waals surface area (Å²) in [6.07, 6.45) is 7.58. The van der Waals surface area contributed by atoms with Crippen molar-refractivity contribution in [2.75, 3.05) is 13.1 Å². The van der Waals surface area contributed by atoms with Crippen molar-refractivity contribution in [1.29, 1.82) is 0 Å². The van der Waals surface area contributed by atoms with Gasteiger partial charge in [-0.05, 0) is 38.5 Å². The van der Waals surface area contributed by atoms with E-state index in [0.717, 1.165) is 48.9 Å². The second-order valence-corrected chi connectivity index (χ2v) is 4.30. The average molecular weight is 244 g/mol. The summed E-state index contributed by atoms with van der Waals surface area (Å²) in [6, 6.07) is 0. The molecule has 0 saturated heterocycles. The second-order valence-electron chi connectivity index (χ2n) is 4.30. The van der Waals surface area contributed by atoms with Crippen molar-refractivity contribution in [2.24, 2.45) is 4.99 Å². The van der Waals surface area contributed by atoms with Gasteiger partial charge in [0.05, 0.1) is 6.54 Å². The molecule has 0 radical (unpaired) electrons. The van der Waals surface area contributed by atoms with Gasteiger partial charge in [0.15, 0.2) is 5.76 Å². The van der Waals surface area contributed by atoms with Crippen molar-refractivity contribution in [2.45, 2.75) is 26.7 Å². The molecule has 2 rings (SSSR count). The summed E-state index contributed by atoms with van der Waals surface area (Å²) in [5.74, 6) is 1.74. The molecule has 0 aromatic heterocycles. The van der Waals surface area contributed by atoms with Crippen LogP contribution < -0.4 is 5.32 Å². The molecule has 0 saturated carbocycles. The smallest absolute Gasteiger partial charge is 0.152 e. The van der Waals surface area contributed by atoms with Gasteiger partial charge in [0, 0.05) is 11.3 Å². The normalized spacial score (nSPS) is 20.4. The SMILES string of the molecule is C=CC1=C(/C=C\C)N=C(CC)C2=C(CNCC2)O1. The molecule has 0 aromatic rings. The maximum atomic E-state index is 5.97. The Balaban J connectivity index is 2.50. The van der Waals surface area contributed by atoms with Crippen molar-refractivity contribution in [3.8, 4) is 0 Å². The molecule has 3 heteroatoms. The van der Waals surface area contributed by atoms with Gasteiger partial charge in [-0.3, -0.25) is 0 Å². The van der Waals surface area contributed by atoms with E-state index < -0.39 is 0 Å². The highest BCUT2D eigenvalue weighted by molar-refractivity contribution is 6.01. The molecule has 0 amide bonds. The fraction of sp³-hybridized carbons (Fsp3) is 0.400. The van der Waals surface area contributed by atoms with Crippen LogP contribution in [0, 0.1) is 0 Å². The zero-order chi connectivity index (χ0) is 13.0. The third-order valence-corrected chi connectivity index (χ3v) is 3.11. The van der Waals surface area contributed by atoms with Gasteiger partial charge in [-0.25, -0.2) is 4.99 Å². The van der Waals surface area contributed by atoms with Crippen LogP contribution in [0.1, 0.15) is 26.7 Å². The van der Waals surface area contributed by atoms with E-state index in [4.69, 9.17) is 9.73 Å². The Kier molecular flexibility index (Phi) is 4.15. The predicted molar refractivity (Wildman–Crippen MR) is 75.4 cm³/mol. The van der Waals surface area contributed by atoms with Crippen LogP contribution >= 0.6 is 0 Å². The molecule has 2 heterocycles. The van der Waals surface area contributed by atoms with E-state index >= 15 is 0 Å². The van der Waals surface area contributed by atoms with Gasteiger partial charge >= 0.3 is 0 Å². The molecule has 1 N–H and O–H groups in total. The van der Waals surface area contributed by atoms with E-state index in [2.05, 4.69) is 18.8 Å². The van der Waals surface area contributed by atoms with Crippen LogP contribution in [0.5, 0.6) is 0 Å². The zero-order valence-electron chi connectivity index (χ0n) is 11.1. The Hall–Kier alpha value is -1.61. The van der Waals surface area contributed by atoms with Crippen molar-refractivity contribution in [3.63, 3.8) is 0 Å². The lowest BCUT2D eigenvalue weighted by molar-refractivity contribution is 0.294. The summed E-state index contributed by atoms with van der Waals surface area (Å²) in [5, 5.41) is 3.34. The van der Waals surface area contributed by atoms with Crippen molar-refractivity contribution in [1.82, 2.24) is 5.32 Å². The van der Waals surface area contributed by atoms with Crippen molar-refractivity contribution >= 4 is 5.71 Å². The number of ether oxygens (including phenoxy) is 1. The average Bonchev–Trinajstić information content (AvgIpc) is 2.56. The monoisotopic (exact) mass is 244 g/mol. The Morgan fingerprint density at radius 2 is 2.33 bits per heavy atom. The molecule has 0 aliphatic carbocycles. The largest absolute Gasteiger partial charge is 0.458 e. The van der Waals surface area contributed by atoms with Crippen LogP contribution in [0.15, 0.2) is 52.6 Å². The van der Waals surface area contributed by atoms with E-state index in [-0.39, 0.29) is 0 Å². The fourth-order valence-electron chi connectivity index (χ4n) is 2.23. The highest BCUT2D eigenvalue weighted by Crippen LogP contribution is 2.27. The van der Waals surface area contributed by atoms with Gasteiger partial charge in [-0.15, -0.1) is 0 Å². The highest BCUT2D eigenvalue weighted by Gasteiger charge is 2.22. The fourth-order valence-corrected chi connectivity index (χ4v) is 2.23. The Morgan fingerprint density at radius 3 is 3.00 bits per heavy atom. The molecule has 0 spiro atoms. The number of hydrogen-bond acceptors (Lipinski definition) is 3. The van der Waals surface area contributed by atoms with Gasteiger partial charge < -0.3 is 10.1 Å². The first kappa shape index (κ1) is 12.8. The zero-order valence-corrected chi connectivity index (χ0v) is 11.1. The first-order chi connectivity index (χ1) is 8.80. The quantitative estimate of drug-likeness (QED) is 0.827. The van der Waals surface area contributed by atoms with Crippen molar-refractivity contribution < 1.29 is 4.74 Å². The number of hydrogen-bond donors (Lipinski definition) is 1. The number of nitrogens with zero attached hydrogens (tertiary/aromatic N) is 1. The summed E-state index contributed by atoms with van der Waals surface area (Å²) in [6.45, 7) is 9.70. The first-order valence-corrected chi connectivity index (χ1v) is 6.48. The maximum Gasteiger partial charge on any atom is 0.152 e. The lowest BCUT2D eigenvalue weighted by Gasteiger charge is -2.20. The lowest BCUT2D eigenvalue weighted by atomic mass is 10.0. The molecule has 2 aliphatic rings. The van der Waals surface area contributed by atoms with Gasteiger partial charge in [-0.1, -0.05) is 19.6 Å². The molecule has 0 unspecified atom stereocenters. The van der Waals surface area contributed by atoms with E-state index in [1.807, 2.05) is 19.1 Å². The predicted octanol–water partition coefficient (Wildman–Crippen LogP) is 3.09. The molecule has 2 aliphatic heterocycles. The topological polar surface area (TPSA) is 33.6 Å². The van der Waals surface area contributed by atoms with Crippen molar-refractivity contribution in [3.05, 3.63) is 47.6 Å².